The van der Waals surface area contributed by atoms with Crippen molar-refractivity contribution >= 4 is 28.3 Å². The molecule has 8 heteroatoms. The number of rotatable bonds is 3. The first-order valence-corrected chi connectivity index (χ1v) is 10.4. The summed E-state index contributed by atoms with van der Waals surface area (Å²) in [6, 6.07) is 4.75. The molecule has 6 nitrogen and oxygen atoms in total. The van der Waals surface area contributed by atoms with E-state index >= 15 is 0 Å². The molecule has 154 valence electrons. The minimum atomic E-state index is -3.69. The molecule has 1 aromatic carbocycles. The maximum atomic E-state index is 13.0. The highest BCUT2D eigenvalue weighted by molar-refractivity contribution is 7.89. The number of piperidine rings is 1. The molecule has 0 radical (unpaired) electrons. The number of hydrogen-bond acceptors (Lipinski definition) is 4. The van der Waals surface area contributed by atoms with Crippen LogP contribution in [-0.2, 0) is 10.0 Å². The highest BCUT2D eigenvalue weighted by Gasteiger charge is 2.36. The summed E-state index contributed by atoms with van der Waals surface area (Å²) in [4.78, 5) is 14.9. The number of nitrogens with zero attached hydrogens (tertiary/aromatic N) is 1. The third kappa shape index (κ3) is 5.67. The zero-order valence-electron chi connectivity index (χ0n) is 17.0. The van der Waals surface area contributed by atoms with Gasteiger partial charge in [-0.05, 0) is 57.2 Å². The summed E-state index contributed by atoms with van der Waals surface area (Å²) < 4.78 is 27.8. The quantitative estimate of drug-likeness (QED) is 0.790. The Labute approximate surface area is 169 Å². The van der Waals surface area contributed by atoms with Gasteiger partial charge in [0, 0.05) is 30.2 Å². The van der Waals surface area contributed by atoms with Gasteiger partial charge in [0.25, 0.3) is 5.91 Å². The van der Waals surface area contributed by atoms with Crippen molar-refractivity contribution in [2.75, 3.05) is 13.1 Å². The third-order valence-corrected chi connectivity index (χ3v) is 6.55. The van der Waals surface area contributed by atoms with Crippen LogP contribution in [0.25, 0.3) is 0 Å². The van der Waals surface area contributed by atoms with E-state index in [1.165, 1.54) is 12.1 Å². The molecule has 27 heavy (non-hydrogen) atoms. The summed E-state index contributed by atoms with van der Waals surface area (Å²) in [6.45, 7) is 12.4. The Bertz CT molecular complexity index is 801. The second-order valence-corrected chi connectivity index (χ2v) is 10.6. The second-order valence-electron chi connectivity index (χ2n) is 8.94. The van der Waals surface area contributed by atoms with Crippen LogP contribution in [-0.4, -0.2) is 43.9 Å². The van der Waals surface area contributed by atoms with E-state index in [0.29, 0.717) is 18.7 Å². The summed E-state index contributed by atoms with van der Waals surface area (Å²) in [6.07, 6.45) is 0.737. The Hall–Kier alpha value is -1.15. The molecule has 2 rings (SSSR count). The lowest BCUT2D eigenvalue weighted by molar-refractivity contribution is 0.0532. The first-order chi connectivity index (χ1) is 11.7. The molecule has 1 saturated heterocycles. The van der Waals surface area contributed by atoms with Gasteiger partial charge in [-0.1, -0.05) is 19.9 Å². The number of hydrogen-bond donors (Lipinski definition) is 2. The topological polar surface area (TPSA) is 92.5 Å². The molecule has 1 amide bonds. The van der Waals surface area contributed by atoms with Crippen molar-refractivity contribution in [3.63, 3.8) is 0 Å². The summed E-state index contributed by atoms with van der Waals surface area (Å²) in [7, 11) is -3.69. The van der Waals surface area contributed by atoms with Crippen LogP contribution in [0, 0.1) is 12.3 Å². The van der Waals surface area contributed by atoms with Gasteiger partial charge >= 0.3 is 0 Å². The van der Waals surface area contributed by atoms with Crippen molar-refractivity contribution in [1.82, 2.24) is 9.62 Å². The molecule has 3 N–H and O–H groups in total. The normalized spacial score (nSPS) is 20.1. The fourth-order valence-electron chi connectivity index (χ4n) is 3.18. The van der Waals surface area contributed by atoms with Gasteiger partial charge in [-0.25, -0.2) is 13.1 Å². The minimum Gasteiger partial charge on any atom is -0.338 e. The predicted octanol–water partition coefficient (Wildman–Crippen LogP) is 2.69. The zero-order valence-corrected chi connectivity index (χ0v) is 18.6. The number of nitrogens with two attached hydrogens (primary N) is 1. The van der Waals surface area contributed by atoms with E-state index in [4.69, 9.17) is 5.73 Å². The molecule has 0 aromatic heterocycles. The lowest BCUT2D eigenvalue weighted by Crippen LogP contribution is -2.54. The molecule has 1 unspecified atom stereocenters. The molecule has 1 aliphatic heterocycles. The minimum absolute atomic E-state index is 0. The van der Waals surface area contributed by atoms with Crippen LogP contribution in [0.4, 0.5) is 0 Å². The van der Waals surface area contributed by atoms with Gasteiger partial charge in [0.05, 0.1) is 4.90 Å². The van der Waals surface area contributed by atoms with Gasteiger partial charge in [-0.3, -0.25) is 4.79 Å². The SMILES string of the molecule is Cc1ccc(S(=O)(=O)NC(C)(C)C)cc1C(=O)N1CCC(N)C(C)(C)C1.Cl. The lowest BCUT2D eigenvalue weighted by atomic mass is 9.79. The summed E-state index contributed by atoms with van der Waals surface area (Å²) in [5.74, 6) is -0.143. The van der Waals surface area contributed by atoms with Crippen molar-refractivity contribution < 1.29 is 13.2 Å². The molecule has 1 aliphatic rings. The van der Waals surface area contributed by atoms with E-state index in [2.05, 4.69) is 18.6 Å². The van der Waals surface area contributed by atoms with Gasteiger partial charge in [-0.15, -0.1) is 12.4 Å². The first kappa shape index (κ1) is 23.9. The first-order valence-electron chi connectivity index (χ1n) is 8.92. The number of aryl methyl sites for hydroxylation is 1. The largest absolute Gasteiger partial charge is 0.338 e. The molecule has 1 aromatic rings. The standard InChI is InChI=1S/C19H31N3O3S.ClH/c1-13-7-8-14(26(24,25)21-18(2,3)4)11-15(13)17(23)22-10-9-16(20)19(5,6)12-22;/h7-8,11,16,21H,9-10,12,20H2,1-6H3;1H. The molecular formula is C19H32ClN3O3S. The van der Waals surface area contributed by atoms with Crippen molar-refractivity contribution in [3.05, 3.63) is 29.3 Å². The smallest absolute Gasteiger partial charge is 0.254 e. The van der Waals surface area contributed by atoms with Crippen molar-refractivity contribution in [2.45, 2.75) is 64.4 Å². The maximum Gasteiger partial charge on any atom is 0.254 e. The molecule has 0 aliphatic carbocycles. The van der Waals surface area contributed by atoms with E-state index in [-0.39, 0.29) is 34.7 Å². The molecule has 1 atom stereocenters. The van der Waals surface area contributed by atoms with Crippen LogP contribution in [0.2, 0.25) is 0 Å². The molecule has 0 spiro atoms. The second kappa shape index (κ2) is 8.07. The van der Waals surface area contributed by atoms with Crippen LogP contribution in [0.1, 0.15) is 57.0 Å². The zero-order chi connectivity index (χ0) is 19.9. The molecule has 1 fully saturated rings. The van der Waals surface area contributed by atoms with Crippen molar-refractivity contribution in [1.29, 1.82) is 0 Å². The number of sulfonamides is 1. The Morgan fingerprint density at radius 1 is 1.30 bits per heavy atom. The predicted molar refractivity (Wildman–Crippen MR) is 111 cm³/mol. The van der Waals surface area contributed by atoms with Gasteiger partial charge < -0.3 is 10.6 Å². The van der Waals surface area contributed by atoms with Gasteiger partial charge in [0.1, 0.15) is 0 Å². The monoisotopic (exact) mass is 417 g/mol. The molecule has 0 bridgehead atoms. The highest BCUT2D eigenvalue weighted by atomic mass is 35.5. The van der Waals surface area contributed by atoms with Crippen molar-refractivity contribution in [2.24, 2.45) is 11.1 Å². The van der Waals surface area contributed by atoms with E-state index in [1.54, 1.807) is 31.7 Å². The molecule has 1 heterocycles. The third-order valence-electron chi connectivity index (χ3n) is 4.79. The Balaban J connectivity index is 0.00000364. The van der Waals surface area contributed by atoms with Crippen LogP contribution < -0.4 is 10.5 Å². The summed E-state index contributed by atoms with van der Waals surface area (Å²) >= 11 is 0. The van der Waals surface area contributed by atoms with E-state index in [9.17, 15) is 13.2 Å². The van der Waals surface area contributed by atoms with E-state index in [0.717, 1.165) is 12.0 Å². The average Bonchev–Trinajstić information content (AvgIpc) is 2.47. The van der Waals surface area contributed by atoms with Gasteiger partial charge in [-0.2, -0.15) is 0 Å². The number of carbonyl (C=O) groups excluding carboxylic acids is 1. The number of likely N-dealkylation sites (tertiary alicyclic amines) is 1. The fraction of sp³-hybridized carbons (Fsp3) is 0.632. The van der Waals surface area contributed by atoms with Crippen molar-refractivity contribution in [3.8, 4) is 0 Å². The van der Waals surface area contributed by atoms with E-state index < -0.39 is 15.6 Å². The molecular weight excluding hydrogens is 386 g/mol. The van der Waals surface area contributed by atoms with Crippen LogP contribution in [0.3, 0.4) is 0 Å². The maximum absolute atomic E-state index is 13.0. The van der Waals surface area contributed by atoms with Crippen LogP contribution >= 0.6 is 12.4 Å². The van der Waals surface area contributed by atoms with Crippen LogP contribution in [0.15, 0.2) is 23.1 Å². The number of halogens is 1. The van der Waals surface area contributed by atoms with E-state index in [1.807, 2.05) is 6.92 Å². The Morgan fingerprint density at radius 2 is 1.89 bits per heavy atom. The summed E-state index contributed by atoms with van der Waals surface area (Å²) in [5.41, 5.74) is 6.58. The Kier molecular flexibility index (Phi) is 7.14. The lowest BCUT2D eigenvalue weighted by Gasteiger charge is -2.42. The fourth-order valence-corrected chi connectivity index (χ4v) is 4.62. The van der Waals surface area contributed by atoms with Gasteiger partial charge in [0.15, 0.2) is 0 Å². The number of carbonyl (C=O) groups is 1. The number of amides is 1. The van der Waals surface area contributed by atoms with Gasteiger partial charge in [0.2, 0.25) is 10.0 Å². The number of nitrogens with one attached hydrogen (secondary N) is 1. The highest BCUT2D eigenvalue weighted by Crippen LogP contribution is 2.29. The average molecular weight is 418 g/mol. The molecule has 0 saturated carbocycles. The number of benzene rings is 1. The summed E-state index contributed by atoms with van der Waals surface area (Å²) in [5, 5.41) is 0. The van der Waals surface area contributed by atoms with Crippen LogP contribution in [0.5, 0.6) is 0 Å². The Morgan fingerprint density at radius 3 is 2.41 bits per heavy atom.